The number of hydrogen-bond acceptors (Lipinski definition) is 5. The molecule has 2 aromatic rings. The molecule has 0 spiro atoms. The quantitative estimate of drug-likeness (QED) is 0.668. The van der Waals surface area contributed by atoms with Crippen molar-refractivity contribution in [3.05, 3.63) is 53.1 Å². The molecule has 1 aliphatic rings. The Balaban J connectivity index is 1.58. The fourth-order valence-corrected chi connectivity index (χ4v) is 3.15. The predicted molar refractivity (Wildman–Crippen MR) is 106 cm³/mol. The maximum Gasteiger partial charge on any atom is 0.122 e. The largest absolute Gasteiger partial charge is 0.497 e. The summed E-state index contributed by atoms with van der Waals surface area (Å²) in [4.78, 5) is 2.30. The molecule has 0 aromatic heterocycles. The van der Waals surface area contributed by atoms with Crippen LogP contribution < -0.4 is 14.2 Å². The second kappa shape index (κ2) is 9.31. The lowest BCUT2D eigenvalue weighted by atomic mass is 10.1. The van der Waals surface area contributed by atoms with Gasteiger partial charge in [-0.1, -0.05) is 11.6 Å². The second-order valence-electron chi connectivity index (χ2n) is 6.80. The Morgan fingerprint density at radius 2 is 1.67 bits per heavy atom. The number of halogens is 1. The van der Waals surface area contributed by atoms with E-state index in [1.54, 1.807) is 38.5 Å². The monoisotopic (exact) mass is 391 g/mol. The first-order chi connectivity index (χ1) is 13.1. The zero-order valence-electron chi connectivity index (χ0n) is 15.7. The van der Waals surface area contributed by atoms with E-state index in [4.69, 9.17) is 25.8 Å². The van der Waals surface area contributed by atoms with Crippen LogP contribution in [-0.2, 0) is 6.54 Å². The van der Waals surface area contributed by atoms with Crippen LogP contribution in [0, 0.1) is 0 Å². The Morgan fingerprint density at radius 1 is 1.04 bits per heavy atom. The van der Waals surface area contributed by atoms with Crippen LogP contribution in [0.4, 0.5) is 0 Å². The van der Waals surface area contributed by atoms with E-state index < -0.39 is 6.10 Å². The highest BCUT2D eigenvalue weighted by Crippen LogP contribution is 2.30. The fraction of sp³-hybridized carbons (Fsp3) is 0.429. The molecule has 1 N–H and O–H groups in total. The van der Waals surface area contributed by atoms with Gasteiger partial charge in [0.25, 0.3) is 0 Å². The van der Waals surface area contributed by atoms with Gasteiger partial charge in [0.05, 0.1) is 14.2 Å². The van der Waals surface area contributed by atoms with Crippen molar-refractivity contribution in [2.75, 3.05) is 27.4 Å². The standard InChI is InChI=1S/C21H26ClNO4/c1-25-20-9-15(10-21(11-20)26-2)12-23(17-5-6-17)13-18(24)14-27-19-7-3-16(22)4-8-19/h3-4,7-11,17-18,24H,5-6,12-14H2,1-2H3/t18-/m0/s1. The minimum Gasteiger partial charge on any atom is -0.497 e. The van der Waals surface area contributed by atoms with Crippen molar-refractivity contribution in [2.24, 2.45) is 0 Å². The van der Waals surface area contributed by atoms with Gasteiger partial charge in [0.2, 0.25) is 0 Å². The third-order valence-electron chi connectivity index (χ3n) is 4.56. The SMILES string of the molecule is COc1cc(CN(C[C@H](O)COc2ccc(Cl)cc2)C2CC2)cc(OC)c1. The van der Waals surface area contributed by atoms with Gasteiger partial charge in [-0.05, 0) is 54.8 Å². The maximum atomic E-state index is 10.4. The van der Waals surface area contributed by atoms with Gasteiger partial charge in [-0.3, -0.25) is 4.90 Å². The maximum absolute atomic E-state index is 10.4. The number of nitrogens with zero attached hydrogens (tertiary/aromatic N) is 1. The lowest BCUT2D eigenvalue weighted by Gasteiger charge is -2.25. The van der Waals surface area contributed by atoms with Crippen LogP contribution in [-0.4, -0.2) is 49.5 Å². The number of methoxy groups -OCH3 is 2. The van der Waals surface area contributed by atoms with Crippen molar-refractivity contribution >= 4 is 11.6 Å². The van der Waals surface area contributed by atoms with E-state index in [2.05, 4.69) is 4.90 Å². The van der Waals surface area contributed by atoms with Crippen LogP contribution in [0.1, 0.15) is 18.4 Å². The molecule has 27 heavy (non-hydrogen) atoms. The number of rotatable bonds is 10. The van der Waals surface area contributed by atoms with Crippen LogP contribution >= 0.6 is 11.6 Å². The van der Waals surface area contributed by atoms with Gasteiger partial charge in [-0.2, -0.15) is 0 Å². The van der Waals surface area contributed by atoms with E-state index >= 15 is 0 Å². The van der Waals surface area contributed by atoms with Crippen molar-refractivity contribution in [2.45, 2.75) is 31.5 Å². The highest BCUT2D eigenvalue weighted by atomic mass is 35.5. The molecule has 0 bridgehead atoms. The summed E-state index contributed by atoms with van der Waals surface area (Å²) >= 11 is 5.88. The van der Waals surface area contributed by atoms with Crippen LogP contribution in [0.5, 0.6) is 17.2 Å². The third kappa shape index (κ3) is 6.03. The second-order valence-corrected chi connectivity index (χ2v) is 7.24. The normalized spacial score (nSPS) is 14.9. The molecular weight excluding hydrogens is 366 g/mol. The summed E-state index contributed by atoms with van der Waals surface area (Å²) in [6.45, 7) is 1.53. The van der Waals surface area contributed by atoms with Crippen LogP contribution in [0.15, 0.2) is 42.5 Å². The lowest BCUT2D eigenvalue weighted by Crippen LogP contribution is -2.36. The van der Waals surface area contributed by atoms with Crippen LogP contribution in [0.25, 0.3) is 0 Å². The molecule has 1 atom stereocenters. The van der Waals surface area contributed by atoms with Crippen molar-refractivity contribution in [3.63, 3.8) is 0 Å². The Morgan fingerprint density at radius 3 is 2.22 bits per heavy atom. The Kier molecular flexibility index (Phi) is 6.83. The molecule has 1 fully saturated rings. The predicted octanol–water partition coefficient (Wildman–Crippen LogP) is 3.76. The fourth-order valence-electron chi connectivity index (χ4n) is 3.02. The summed E-state index contributed by atoms with van der Waals surface area (Å²) in [6.07, 6.45) is 1.74. The van der Waals surface area contributed by atoms with Gasteiger partial charge in [0.1, 0.15) is 30.0 Å². The van der Waals surface area contributed by atoms with Crippen molar-refractivity contribution in [1.29, 1.82) is 0 Å². The molecule has 0 aliphatic heterocycles. The number of aliphatic hydroxyl groups is 1. The zero-order valence-corrected chi connectivity index (χ0v) is 16.5. The zero-order chi connectivity index (χ0) is 19.2. The molecule has 0 unspecified atom stereocenters. The first-order valence-corrected chi connectivity index (χ1v) is 9.47. The van der Waals surface area contributed by atoms with E-state index in [-0.39, 0.29) is 6.61 Å². The number of benzene rings is 2. The Labute approximate surface area is 165 Å². The summed E-state index contributed by atoms with van der Waals surface area (Å²) in [5.74, 6) is 2.24. The van der Waals surface area contributed by atoms with E-state index in [1.165, 1.54) is 0 Å². The summed E-state index contributed by atoms with van der Waals surface area (Å²) in [5.41, 5.74) is 1.10. The number of ether oxygens (including phenoxy) is 3. The van der Waals surface area contributed by atoms with Gasteiger partial charge in [-0.15, -0.1) is 0 Å². The minimum absolute atomic E-state index is 0.242. The number of aliphatic hydroxyl groups excluding tert-OH is 1. The molecule has 5 nitrogen and oxygen atoms in total. The number of hydrogen-bond donors (Lipinski definition) is 1. The molecule has 146 valence electrons. The molecular formula is C21H26ClNO4. The highest BCUT2D eigenvalue weighted by molar-refractivity contribution is 6.30. The Hall–Kier alpha value is -1.95. The first-order valence-electron chi connectivity index (χ1n) is 9.10. The van der Waals surface area contributed by atoms with Crippen molar-refractivity contribution in [1.82, 2.24) is 4.90 Å². The van der Waals surface area contributed by atoms with Crippen LogP contribution in [0.3, 0.4) is 0 Å². The topological polar surface area (TPSA) is 51.2 Å². The van der Waals surface area contributed by atoms with Gasteiger partial charge in [-0.25, -0.2) is 0 Å². The minimum atomic E-state index is -0.575. The summed E-state index contributed by atoms with van der Waals surface area (Å²) in [6, 6.07) is 13.5. The van der Waals surface area contributed by atoms with Crippen LogP contribution in [0.2, 0.25) is 5.02 Å². The van der Waals surface area contributed by atoms with E-state index in [0.29, 0.717) is 23.4 Å². The van der Waals surface area contributed by atoms with E-state index in [9.17, 15) is 5.11 Å². The van der Waals surface area contributed by atoms with Gasteiger partial charge in [0.15, 0.2) is 0 Å². The van der Waals surface area contributed by atoms with Gasteiger partial charge < -0.3 is 19.3 Å². The van der Waals surface area contributed by atoms with Crippen molar-refractivity contribution in [3.8, 4) is 17.2 Å². The molecule has 0 heterocycles. The average molecular weight is 392 g/mol. The highest BCUT2D eigenvalue weighted by Gasteiger charge is 2.30. The first kappa shape index (κ1) is 19.8. The van der Waals surface area contributed by atoms with E-state index in [0.717, 1.165) is 36.4 Å². The molecule has 1 saturated carbocycles. The molecule has 3 rings (SSSR count). The van der Waals surface area contributed by atoms with Crippen molar-refractivity contribution < 1.29 is 19.3 Å². The third-order valence-corrected chi connectivity index (χ3v) is 4.81. The molecule has 2 aromatic carbocycles. The lowest BCUT2D eigenvalue weighted by molar-refractivity contribution is 0.0626. The molecule has 0 amide bonds. The van der Waals surface area contributed by atoms with Gasteiger partial charge in [0, 0.05) is 30.2 Å². The molecule has 0 saturated heterocycles. The van der Waals surface area contributed by atoms with E-state index in [1.807, 2.05) is 18.2 Å². The molecule has 0 radical (unpaired) electrons. The average Bonchev–Trinajstić information content (AvgIpc) is 3.52. The summed E-state index contributed by atoms with van der Waals surface area (Å²) in [5, 5.41) is 11.1. The Bertz CT molecular complexity index is 711. The molecule has 6 heteroatoms. The summed E-state index contributed by atoms with van der Waals surface area (Å²) in [7, 11) is 3.30. The summed E-state index contributed by atoms with van der Waals surface area (Å²) < 4.78 is 16.4. The molecule has 1 aliphatic carbocycles. The smallest absolute Gasteiger partial charge is 0.122 e. The van der Waals surface area contributed by atoms with Gasteiger partial charge >= 0.3 is 0 Å².